The molecule has 6 N–H and O–H groups in total. The van der Waals surface area contributed by atoms with Gasteiger partial charge in [0, 0.05) is 17.6 Å². The molecule has 1 amide bonds. The number of aromatic nitrogens is 3. The maximum atomic E-state index is 11.8. The van der Waals surface area contributed by atoms with Crippen molar-refractivity contribution in [3.05, 3.63) is 6.33 Å². The van der Waals surface area contributed by atoms with Gasteiger partial charge in [-0.25, -0.2) is 14.6 Å². The number of carbonyl (C=O) groups is 3. The Kier molecular flexibility index (Phi) is 5.83. The normalized spacial score (nSPS) is 31.3. The number of carbonyl (C=O) groups excluding carboxylic acids is 1. The average molecular weight is 410 g/mol. The lowest BCUT2D eigenvalue weighted by Crippen LogP contribution is -2.55. The van der Waals surface area contributed by atoms with E-state index in [9.17, 15) is 14.4 Å². The number of nitrogens with two attached hydrogens (primary N) is 1. The predicted octanol–water partition coefficient (Wildman–Crippen LogP) is -0.134. The number of hydrogen-bond acceptors (Lipinski definition) is 9. The van der Waals surface area contributed by atoms with Crippen LogP contribution in [0.4, 0.5) is 9.59 Å². The molecule has 0 bridgehead atoms. The van der Waals surface area contributed by atoms with Crippen molar-refractivity contribution in [2.75, 3.05) is 6.54 Å². The Morgan fingerprint density at radius 2 is 2.15 bits per heavy atom. The van der Waals surface area contributed by atoms with Crippen LogP contribution in [0, 0.1) is 11.8 Å². The van der Waals surface area contributed by atoms with Crippen LogP contribution in [0.25, 0.3) is 0 Å². The Labute approximate surface area is 156 Å². The van der Waals surface area contributed by atoms with Crippen LogP contribution in [0.3, 0.4) is 0 Å². The third-order valence-electron chi connectivity index (χ3n) is 4.18. The van der Waals surface area contributed by atoms with Crippen LogP contribution in [-0.2, 0) is 14.3 Å². The lowest BCUT2D eigenvalue weighted by Gasteiger charge is -2.32. The molecule has 5 atom stereocenters. The summed E-state index contributed by atoms with van der Waals surface area (Å²) in [5.41, 5.74) is 3.68. The number of fused-ring (bicyclic) bond motifs is 1. The smallest absolute Gasteiger partial charge is 0.450 e. The van der Waals surface area contributed by atoms with Crippen molar-refractivity contribution in [3.63, 3.8) is 0 Å². The summed E-state index contributed by atoms with van der Waals surface area (Å²) in [4.78, 5) is 37.8. The molecule has 0 unspecified atom stereocenters. The van der Waals surface area contributed by atoms with E-state index in [0.29, 0.717) is 5.16 Å². The zero-order chi connectivity index (χ0) is 18.2. The topological polar surface area (TPSA) is 190 Å². The van der Waals surface area contributed by atoms with Gasteiger partial charge in [0.2, 0.25) is 5.91 Å². The molecule has 3 rings (SSSR count). The van der Waals surface area contributed by atoms with E-state index in [1.807, 2.05) is 0 Å². The summed E-state index contributed by atoms with van der Waals surface area (Å²) in [6, 6.07) is 0. The molecule has 1 heterocycles. The van der Waals surface area contributed by atoms with Crippen LogP contribution in [0.15, 0.2) is 11.5 Å². The second kappa shape index (κ2) is 7.55. The Balaban J connectivity index is 0.00000243. The Morgan fingerprint density at radius 1 is 1.42 bits per heavy atom. The molecular weight excluding hydrogens is 394 g/mol. The standard InChI is InChI=1S/C12H15N5O7S.ClH/c13-2-5(18)16-12(24-11(21)22)1-4(25-9-14-3-15-17-9)6-7(12)8(6)23-10(19)20;/h3-4,6-8H,1-2,13H2,(H,16,18)(H,19,20)(H,21,22)(H,14,15,17);1H/t4-,6-,7-,8+,12+;/m1./s1. The number of halogens is 1. The molecule has 2 aliphatic rings. The van der Waals surface area contributed by atoms with Gasteiger partial charge in [-0.2, -0.15) is 5.10 Å². The van der Waals surface area contributed by atoms with Gasteiger partial charge in [-0.05, 0) is 0 Å². The summed E-state index contributed by atoms with van der Waals surface area (Å²) in [5.74, 6) is -1.61. The number of aromatic amines is 1. The summed E-state index contributed by atoms with van der Waals surface area (Å²) >= 11 is 1.24. The first-order valence-corrected chi connectivity index (χ1v) is 8.09. The summed E-state index contributed by atoms with van der Waals surface area (Å²) in [5, 5.41) is 27.0. The van der Waals surface area contributed by atoms with E-state index in [1.165, 1.54) is 18.1 Å². The molecule has 144 valence electrons. The van der Waals surface area contributed by atoms with E-state index in [4.69, 9.17) is 25.4 Å². The van der Waals surface area contributed by atoms with Crippen molar-refractivity contribution < 1.29 is 34.1 Å². The molecule has 0 aromatic carbocycles. The minimum absolute atomic E-state index is 0. The molecule has 0 saturated heterocycles. The number of thioether (sulfide) groups is 1. The zero-order valence-corrected chi connectivity index (χ0v) is 14.7. The number of nitrogens with one attached hydrogen (secondary N) is 2. The van der Waals surface area contributed by atoms with Crippen LogP contribution in [0.5, 0.6) is 0 Å². The Hall–Kier alpha value is -2.25. The number of ether oxygens (including phenoxy) is 2. The largest absolute Gasteiger partial charge is 0.507 e. The number of H-pyrrole nitrogens is 1. The monoisotopic (exact) mass is 409 g/mol. The zero-order valence-electron chi connectivity index (χ0n) is 13.0. The first-order valence-electron chi connectivity index (χ1n) is 7.21. The van der Waals surface area contributed by atoms with Crippen molar-refractivity contribution in [1.82, 2.24) is 20.5 Å². The van der Waals surface area contributed by atoms with E-state index in [-0.39, 0.29) is 36.5 Å². The van der Waals surface area contributed by atoms with Crippen molar-refractivity contribution in [3.8, 4) is 0 Å². The number of nitrogens with zero attached hydrogens (tertiary/aromatic N) is 2. The molecule has 0 spiro atoms. The SMILES string of the molecule is Cl.NCC(=O)N[C@]1(OC(=O)O)C[C@@H](Sc2ncn[nH]2)[C@H]2[C@H](OC(=O)O)[C@@H]21. The molecule has 14 heteroatoms. The highest BCUT2D eigenvalue weighted by Gasteiger charge is 2.75. The molecular formula is C12H16ClN5O7S. The van der Waals surface area contributed by atoms with E-state index >= 15 is 0 Å². The van der Waals surface area contributed by atoms with Crippen LogP contribution in [0.1, 0.15) is 6.42 Å². The lowest BCUT2D eigenvalue weighted by molar-refractivity contribution is -0.131. The number of hydrogen-bond donors (Lipinski definition) is 5. The summed E-state index contributed by atoms with van der Waals surface area (Å²) < 4.78 is 9.81. The molecule has 0 aliphatic heterocycles. The van der Waals surface area contributed by atoms with E-state index in [0.717, 1.165) is 0 Å². The highest BCUT2D eigenvalue weighted by Crippen LogP contribution is 2.63. The minimum Gasteiger partial charge on any atom is -0.450 e. The van der Waals surface area contributed by atoms with Gasteiger partial charge in [-0.3, -0.25) is 9.89 Å². The Bertz CT molecular complexity index is 692. The number of amides is 1. The molecule has 2 aliphatic carbocycles. The lowest BCUT2D eigenvalue weighted by atomic mass is 10.1. The first kappa shape index (κ1) is 20.1. The highest BCUT2D eigenvalue weighted by molar-refractivity contribution is 7.99. The molecule has 26 heavy (non-hydrogen) atoms. The maximum Gasteiger partial charge on any atom is 0.507 e. The third-order valence-corrected chi connectivity index (χ3v) is 5.38. The molecule has 2 saturated carbocycles. The van der Waals surface area contributed by atoms with E-state index < -0.39 is 36.0 Å². The van der Waals surface area contributed by atoms with Crippen LogP contribution in [0.2, 0.25) is 0 Å². The van der Waals surface area contributed by atoms with Gasteiger partial charge >= 0.3 is 12.3 Å². The van der Waals surface area contributed by atoms with Crippen molar-refractivity contribution in [2.45, 2.75) is 28.7 Å². The number of rotatable bonds is 6. The average Bonchev–Trinajstić information content (AvgIpc) is 2.87. The van der Waals surface area contributed by atoms with Crippen molar-refractivity contribution in [2.24, 2.45) is 17.6 Å². The second-order valence-electron chi connectivity index (χ2n) is 5.61. The number of carboxylic acid groups (broad SMARTS) is 2. The fraction of sp³-hybridized carbons (Fsp3) is 0.583. The minimum atomic E-state index is -1.61. The summed E-state index contributed by atoms with van der Waals surface area (Å²) in [6.07, 6.45) is -2.46. The third kappa shape index (κ3) is 3.78. The van der Waals surface area contributed by atoms with Gasteiger partial charge in [-0.15, -0.1) is 12.4 Å². The van der Waals surface area contributed by atoms with E-state index in [1.54, 1.807) is 0 Å². The van der Waals surface area contributed by atoms with Gasteiger partial charge in [0.1, 0.15) is 12.4 Å². The molecule has 0 radical (unpaired) electrons. The summed E-state index contributed by atoms with van der Waals surface area (Å²) in [7, 11) is 0. The first-order chi connectivity index (χ1) is 11.9. The Morgan fingerprint density at radius 3 is 2.69 bits per heavy atom. The quantitative estimate of drug-likeness (QED) is 0.310. The van der Waals surface area contributed by atoms with Gasteiger partial charge < -0.3 is 30.7 Å². The fourth-order valence-corrected chi connectivity index (χ4v) is 4.70. The molecule has 12 nitrogen and oxygen atoms in total. The second-order valence-corrected chi connectivity index (χ2v) is 6.84. The highest BCUT2D eigenvalue weighted by atomic mass is 35.5. The van der Waals surface area contributed by atoms with Crippen LogP contribution in [-0.4, -0.2) is 67.2 Å². The van der Waals surface area contributed by atoms with Crippen LogP contribution < -0.4 is 11.1 Å². The molecule has 1 aromatic rings. The van der Waals surface area contributed by atoms with Gasteiger partial charge in [0.25, 0.3) is 0 Å². The van der Waals surface area contributed by atoms with Gasteiger partial charge in [0.15, 0.2) is 10.9 Å². The maximum absolute atomic E-state index is 11.8. The molecule has 2 fully saturated rings. The van der Waals surface area contributed by atoms with Crippen molar-refractivity contribution >= 4 is 42.4 Å². The van der Waals surface area contributed by atoms with Gasteiger partial charge in [0.05, 0.1) is 12.5 Å². The van der Waals surface area contributed by atoms with Gasteiger partial charge in [-0.1, -0.05) is 11.8 Å². The fourth-order valence-electron chi connectivity index (χ4n) is 3.39. The molecule has 1 aromatic heterocycles. The van der Waals surface area contributed by atoms with E-state index in [2.05, 4.69) is 20.5 Å². The summed E-state index contributed by atoms with van der Waals surface area (Å²) in [6.45, 7) is -0.369. The van der Waals surface area contributed by atoms with Crippen molar-refractivity contribution in [1.29, 1.82) is 0 Å². The predicted molar refractivity (Wildman–Crippen MR) is 86.8 cm³/mol. The van der Waals surface area contributed by atoms with Crippen LogP contribution >= 0.6 is 24.2 Å².